The zero-order valence-corrected chi connectivity index (χ0v) is 16.3. The van der Waals surface area contributed by atoms with Crippen LogP contribution in [0.4, 0.5) is 11.5 Å². The van der Waals surface area contributed by atoms with Gasteiger partial charge in [0.1, 0.15) is 11.4 Å². The number of hydrogen-bond acceptors (Lipinski definition) is 8. The largest absolute Gasteiger partial charge is 0.365 e. The predicted octanol–water partition coefficient (Wildman–Crippen LogP) is 2.15. The number of nitrogens with zero attached hydrogens (tertiary/aromatic N) is 9. The monoisotopic (exact) mass is 393 g/mol. The summed E-state index contributed by atoms with van der Waals surface area (Å²) in [7, 11) is 0. The van der Waals surface area contributed by atoms with Crippen LogP contribution < -0.4 is 5.73 Å². The summed E-state index contributed by atoms with van der Waals surface area (Å²) in [5, 5.41) is 21.6. The SMILES string of the molecule is Cc1nn2nc(C(C)(C)C)c(/N=N/c3c(C(N)=O)cnn3-c3ncccn3)c2[nH]1. The molecule has 0 radical (unpaired) electrons. The molecule has 12 heteroatoms. The predicted molar refractivity (Wildman–Crippen MR) is 103 cm³/mol. The molecule has 29 heavy (non-hydrogen) atoms. The number of rotatable bonds is 4. The highest BCUT2D eigenvalue weighted by Crippen LogP contribution is 2.35. The van der Waals surface area contributed by atoms with E-state index in [0.717, 1.165) is 0 Å². The van der Waals surface area contributed by atoms with Crippen molar-refractivity contribution in [2.24, 2.45) is 16.0 Å². The van der Waals surface area contributed by atoms with Gasteiger partial charge in [0.25, 0.3) is 11.9 Å². The van der Waals surface area contributed by atoms with Crippen molar-refractivity contribution in [1.29, 1.82) is 0 Å². The molecule has 0 saturated carbocycles. The molecule has 4 aromatic heterocycles. The number of H-pyrrole nitrogens is 1. The highest BCUT2D eigenvalue weighted by Gasteiger charge is 2.27. The Bertz CT molecular complexity index is 1220. The van der Waals surface area contributed by atoms with Gasteiger partial charge in [-0.25, -0.2) is 9.97 Å². The van der Waals surface area contributed by atoms with Gasteiger partial charge in [0.2, 0.25) is 0 Å². The van der Waals surface area contributed by atoms with E-state index in [9.17, 15) is 4.79 Å². The van der Waals surface area contributed by atoms with Crippen molar-refractivity contribution in [3.05, 3.63) is 41.7 Å². The number of carbonyl (C=O) groups is 1. The maximum Gasteiger partial charge on any atom is 0.254 e. The first-order valence-electron chi connectivity index (χ1n) is 8.79. The highest BCUT2D eigenvalue weighted by molar-refractivity contribution is 5.97. The number of aromatic amines is 1. The molecule has 148 valence electrons. The Morgan fingerprint density at radius 1 is 1.17 bits per heavy atom. The third kappa shape index (κ3) is 3.24. The Labute approximate surface area is 164 Å². The van der Waals surface area contributed by atoms with E-state index in [1.165, 1.54) is 15.5 Å². The number of aromatic nitrogens is 8. The Morgan fingerprint density at radius 2 is 1.90 bits per heavy atom. The van der Waals surface area contributed by atoms with Crippen molar-refractivity contribution < 1.29 is 4.79 Å². The molecule has 0 aliphatic heterocycles. The minimum atomic E-state index is -0.685. The molecular formula is C17H19N11O. The van der Waals surface area contributed by atoms with Crippen molar-refractivity contribution in [3.8, 4) is 5.95 Å². The number of amides is 1. The van der Waals surface area contributed by atoms with Crippen molar-refractivity contribution in [2.45, 2.75) is 33.1 Å². The fourth-order valence-electron chi connectivity index (χ4n) is 2.78. The normalized spacial score (nSPS) is 12.3. The second-order valence-electron chi connectivity index (χ2n) is 7.40. The number of nitrogens with one attached hydrogen (secondary N) is 1. The van der Waals surface area contributed by atoms with Crippen molar-refractivity contribution in [3.63, 3.8) is 0 Å². The maximum atomic E-state index is 11.9. The van der Waals surface area contributed by atoms with Gasteiger partial charge in [0, 0.05) is 17.8 Å². The number of nitrogens with two attached hydrogens (primary N) is 1. The van der Waals surface area contributed by atoms with E-state index in [4.69, 9.17) is 5.73 Å². The molecule has 0 bridgehead atoms. The number of azo groups is 1. The lowest BCUT2D eigenvalue weighted by Gasteiger charge is -2.15. The maximum absolute atomic E-state index is 11.9. The van der Waals surface area contributed by atoms with E-state index in [1.54, 1.807) is 18.5 Å². The van der Waals surface area contributed by atoms with Gasteiger partial charge in [0.15, 0.2) is 17.2 Å². The molecule has 0 aromatic carbocycles. The Hall–Kier alpha value is -3.96. The van der Waals surface area contributed by atoms with Crippen LogP contribution in [0.3, 0.4) is 0 Å². The molecule has 4 heterocycles. The average Bonchev–Trinajstić information content (AvgIpc) is 3.32. The number of aryl methyl sites for hydroxylation is 1. The number of primary amides is 1. The van der Waals surface area contributed by atoms with Gasteiger partial charge in [-0.3, -0.25) is 4.79 Å². The first kappa shape index (κ1) is 18.4. The van der Waals surface area contributed by atoms with Gasteiger partial charge in [-0.2, -0.15) is 14.9 Å². The Balaban J connectivity index is 1.89. The quantitative estimate of drug-likeness (QED) is 0.506. The van der Waals surface area contributed by atoms with Crippen molar-refractivity contribution in [1.82, 2.24) is 39.6 Å². The Morgan fingerprint density at radius 3 is 2.55 bits per heavy atom. The topological polar surface area (TPSA) is 157 Å². The van der Waals surface area contributed by atoms with E-state index in [2.05, 4.69) is 40.5 Å². The zero-order valence-electron chi connectivity index (χ0n) is 16.3. The second-order valence-corrected chi connectivity index (χ2v) is 7.40. The third-order valence-electron chi connectivity index (χ3n) is 4.09. The molecular weight excluding hydrogens is 374 g/mol. The highest BCUT2D eigenvalue weighted by atomic mass is 16.1. The van der Waals surface area contributed by atoms with Gasteiger partial charge in [-0.05, 0) is 13.0 Å². The summed E-state index contributed by atoms with van der Waals surface area (Å²) >= 11 is 0. The molecule has 0 aliphatic carbocycles. The van der Waals surface area contributed by atoms with Crippen LogP contribution in [0.5, 0.6) is 0 Å². The Kier molecular flexibility index (Phi) is 4.18. The molecule has 3 N–H and O–H groups in total. The van der Waals surface area contributed by atoms with Crippen LogP contribution in [0.25, 0.3) is 11.6 Å². The summed E-state index contributed by atoms with van der Waals surface area (Å²) in [4.78, 5) is 23.3. The molecule has 0 spiro atoms. The molecule has 0 saturated heterocycles. The molecule has 4 rings (SSSR count). The summed E-state index contributed by atoms with van der Waals surface area (Å²) in [6.07, 6.45) is 4.42. The molecule has 0 atom stereocenters. The van der Waals surface area contributed by atoms with Crippen LogP contribution in [-0.2, 0) is 5.41 Å². The lowest BCUT2D eigenvalue weighted by atomic mass is 9.91. The first-order valence-corrected chi connectivity index (χ1v) is 8.79. The van der Waals surface area contributed by atoms with Crippen LogP contribution >= 0.6 is 0 Å². The molecule has 1 amide bonds. The van der Waals surface area contributed by atoms with Gasteiger partial charge in [-0.1, -0.05) is 20.8 Å². The second kappa shape index (κ2) is 6.58. The van der Waals surface area contributed by atoms with Crippen molar-refractivity contribution in [2.75, 3.05) is 0 Å². The molecule has 4 aromatic rings. The van der Waals surface area contributed by atoms with Crippen LogP contribution in [0.1, 0.15) is 42.6 Å². The fourth-order valence-corrected chi connectivity index (χ4v) is 2.78. The molecule has 0 fully saturated rings. The summed E-state index contributed by atoms with van der Waals surface area (Å²) in [6.45, 7) is 7.85. The van der Waals surface area contributed by atoms with E-state index < -0.39 is 5.91 Å². The standard InChI is InChI=1S/C17H19N11O/c1-9-22-15-11(12(17(2,3)4)26-28(15)25-9)23-24-14-10(13(18)29)8-21-27(14)16-19-6-5-7-20-16/h5-8H,1-4H3,(H2,18,29)(H,22,25)/b24-23+. The molecule has 12 nitrogen and oxygen atoms in total. The summed E-state index contributed by atoms with van der Waals surface area (Å²) < 4.78 is 2.79. The lowest BCUT2D eigenvalue weighted by Crippen LogP contribution is -2.12. The first-order chi connectivity index (χ1) is 13.8. The van der Waals surface area contributed by atoms with Gasteiger partial charge < -0.3 is 10.7 Å². The van der Waals surface area contributed by atoms with E-state index in [-0.39, 0.29) is 22.7 Å². The van der Waals surface area contributed by atoms with Crippen LogP contribution in [0.15, 0.2) is 34.9 Å². The lowest BCUT2D eigenvalue weighted by molar-refractivity contribution is 0.100. The number of hydrogen-bond donors (Lipinski definition) is 2. The summed E-state index contributed by atoms with van der Waals surface area (Å²) in [6, 6.07) is 1.67. The zero-order chi connectivity index (χ0) is 20.8. The van der Waals surface area contributed by atoms with Crippen molar-refractivity contribution >= 4 is 23.1 Å². The molecule has 0 unspecified atom stereocenters. The van der Waals surface area contributed by atoms with Gasteiger partial charge in [-0.15, -0.1) is 20.0 Å². The van der Waals surface area contributed by atoms with E-state index in [0.29, 0.717) is 22.9 Å². The summed E-state index contributed by atoms with van der Waals surface area (Å²) in [5.74, 6) is 0.362. The van der Waals surface area contributed by atoms with Gasteiger partial charge in [0.05, 0.1) is 11.9 Å². The van der Waals surface area contributed by atoms with Crippen LogP contribution in [0, 0.1) is 6.92 Å². The minimum Gasteiger partial charge on any atom is -0.365 e. The number of carbonyl (C=O) groups excluding carboxylic acids is 1. The van der Waals surface area contributed by atoms with Crippen LogP contribution in [0.2, 0.25) is 0 Å². The summed E-state index contributed by atoms with van der Waals surface area (Å²) in [5.41, 5.74) is 7.07. The third-order valence-corrected chi connectivity index (χ3v) is 4.09. The molecule has 0 aliphatic rings. The van der Waals surface area contributed by atoms with Gasteiger partial charge >= 0.3 is 0 Å². The fraction of sp³-hybridized carbons (Fsp3) is 0.294. The smallest absolute Gasteiger partial charge is 0.254 e. The average molecular weight is 393 g/mol. The van der Waals surface area contributed by atoms with E-state index in [1.807, 2.05) is 27.7 Å². The van der Waals surface area contributed by atoms with Crippen LogP contribution in [-0.4, -0.2) is 45.5 Å². The van der Waals surface area contributed by atoms with E-state index >= 15 is 0 Å². The number of fused-ring (bicyclic) bond motifs is 1. The minimum absolute atomic E-state index is 0.0997.